The molecule has 2 N–H and O–H groups in total. The Bertz CT molecular complexity index is 580. The molecule has 1 atom stereocenters. The Morgan fingerprint density at radius 3 is 2.83 bits per heavy atom. The van der Waals surface area contributed by atoms with E-state index < -0.39 is 0 Å². The van der Waals surface area contributed by atoms with Gasteiger partial charge in [0.25, 0.3) is 0 Å². The molecular weight excluding hydrogens is 314 g/mol. The molecule has 124 valence electrons. The molecule has 2 aromatic heterocycles. The SMILES string of the molecule is O=C(NCc1cccs1)NCC(c1ccco1)N1CCOCC1. The van der Waals surface area contributed by atoms with Crippen molar-refractivity contribution in [2.24, 2.45) is 0 Å². The van der Waals surface area contributed by atoms with Gasteiger partial charge in [0, 0.05) is 24.5 Å². The van der Waals surface area contributed by atoms with Gasteiger partial charge in [0.15, 0.2) is 0 Å². The molecule has 0 aromatic carbocycles. The van der Waals surface area contributed by atoms with Gasteiger partial charge in [-0.3, -0.25) is 4.90 Å². The molecule has 1 saturated heterocycles. The first-order valence-electron chi connectivity index (χ1n) is 7.72. The van der Waals surface area contributed by atoms with E-state index in [2.05, 4.69) is 15.5 Å². The molecule has 0 bridgehead atoms. The van der Waals surface area contributed by atoms with Crippen molar-refractivity contribution in [1.82, 2.24) is 15.5 Å². The summed E-state index contributed by atoms with van der Waals surface area (Å²) in [5.74, 6) is 0.866. The zero-order chi connectivity index (χ0) is 15.9. The molecule has 2 aromatic rings. The predicted molar refractivity (Wildman–Crippen MR) is 88.4 cm³/mol. The van der Waals surface area contributed by atoms with Gasteiger partial charge in [0.1, 0.15) is 5.76 Å². The number of rotatable bonds is 6. The summed E-state index contributed by atoms with van der Waals surface area (Å²) in [6.07, 6.45) is 1.67. The highest BCUT2D eigenvalue weighted by Crippen LogP contribution is 2.21. The number of hydrogen-bond acceptors (Lipinski definition) is 5. The highest BCUT2D eigenvalue weighted by molar-refractivity contribution is 7.09. The third kappa shape index (κ3) is 4.57. The summed E-state index contributed by atoms with van der Waals surface area (Å²) in [4.78, 5) is 15.4. The summed E-state index contributed by atoms with van der Waals surface area (Å²) in [5, 5.41) is 7.82. The van der Waals surface area contributed by atoms with Gasteiger partial charge in [-0.2, -0.15) is 0 Å². The van der Waals surface area contributed by atoms with Crippen LogP contribution in [0, 0.1) is 0 Å². The minimum Gasteiger partial charge on any atom is -0.468 e. The largest absolute Gasteiger partial charge is 0.468 e. The summed E-state index contributed by atoms with van der Waals surface area (Å²) in [6, 6.07) is 7.67. The Kier molecular flexibility index (Phi) is 5.68. The number of thiophene rings is 1. The van der Waals surface area contributed by atoms with E-state index in [0.29, 0.717) is 26.3 Å². The van der Waals surface area contributed by atoms with E-state index in [0.717, 1.165) is 23.7 Å². The first-order valence-corrected chi connectivity index (χ1v) is 8.60. The lowest BCUT2D eigenvalue weighted by Crippen LogP contribution is -2.45. The van der Waals surface area contributed by atoms with E-state index in [1.165, 1.54) is 0 Å². The molecule has 0 spiro atoms. The lowest BCUT2D eigenvalue weighted by Gasteiger charge is -2.33. The molecule has 1 unspecified atom stereocenters. The van der Waals surface area contributed by atoms with Crippen LogP contribution in [0.1, 0.15) is 16.7 Å². The third-order valence-corrected chi connectivity index (χ3v) is 4.69. The zero-order valence-corrected chi connectivity index (χ0v) is 13.7. The molecule has 6 nitrogen and oxygen atoms in total. The summed E-state index contributed by atoms with van der Waals surface area (Å²) < 4.78 is 10.9. The van der Waals surface area contributed by atoms with Gasteiger partial charge in [-0.25, -0.2) is 4.79 Å². The van der Waals surface area contributed by atoms with Gasteiger partial charge in [0.2, 0.25) is 0 Å². The van der Waals surface area contributed by atoms with E-state index in [-0.39, 0.29) is 12.1 Å². The summed E-state index contributed by atoms with van der Waals surface area (Å²) >= 11 is 1.63. The normalized spacial score (nSPS) is 16.9. The molecule has 23 heavy (non-hydrogen) atoms. The van der Waals surface area contributed by atoms with Gasteiger partial charge in [0.05, 0.1) is 32.1 Å². The van der Waals surface area contributed by atoms with E-state index in [9.17, 15) is 4.79 Å². The van der Waals surface area contributed by atoms with Crippen LogP contribution in [0.2, 0.25) is 0 Å². The van der Waals surface area contributed by atoms with Crippen LogP contribution < -0.4 is 10.6 Å². The topological polar surface area (TPSA) is 66.7 Å². The molecule has 7 heteroatoms. The first kappa shape index (κ1) is 16.0. The molecule has 0 aliphatic carbocycles. The number of hydrogen-bond donors (Lipinski definition) is 2. The molecule has 1 fully saturated rings. The van der Waals surface area contributed by atoms with Crippen LogP contribution in [0.4, 0.5) is 4.79 Å². The molecule has 2 amide bonds. The molecular formula is C16H21N3O3S. The van der Waals surface area contributed by atoms with Crippen molar-refractivity contribution in [1.29, 1.82) is 0 Å². The van der Waals surface area contributed by atoms with Gasteiger partial charge in [-0.15, -0.1) is 11.3 Å². The molecule has 0 saturated carbocycles. The number of nitrogens with one attached hydrogen (secondary N) is 2. The van der Waals surface area contributed by atoms with Gasteiger partial charge in [-0.05, 0) is 23.6 Å². The fourth-order valence-corrected chi connectivity index (χ4v) is 3.26. The predicted octanol–water partition coefficient (Wildman–Crippen LogP) is 2.21. The van der Waals surface area contributed by atoms with Crippen molar-refractivity contribution in [3.05, 3.63) is 46.5 Å². The fraction of sp³-hybridized carbons (Fsp3) is 0.438. The Hall–Kier alpha value is -1.83. The van der Waals surface area contributed by atoms with Crippen LogP contribution in [0.5, 0.6) is 0 Å². The second-order valence-corrected chi connectivity index (χ2v) is 6.35. The highest BCUT2D eigenvalue weighted by Gasteiger charge is 2.25. The number of amides is 2. The van der Waals surface area contributed by atoms with Crippen LogP contribution >= 0.6 is 11.3 Å². The smallest absolute Gasteiger partial charge is 0.315 e. The monoisotopic (exact) mass is 335 g/mol. The van der Waals surface area contributed by atoms with Crippen LogP contribution in [0.3, 0.4) is 0 Å². The second-order valence-electron chi connectivity index (χ2n) is 5.32. The van der Waals surface area contributed by atoms with Crippen molar-refractivity contribution in [2.45, 2.75) is 12.6 Å². The maximum atomic E-state index is 12.0. The molecule has 1 aliphatic rings. The Balaban J connectivity index is 1.52. The Morgan fingerprint density at radius 1 is 1.26 bits per heavy atom. The molecule has 0 radical (unpaired) electrons. The Morgan fingerprint density at radius 2 is 2.13 bits per heavy atom. The summed E-state index contributed by atoms with van der Waals surface area (Å²) in [7, 11) is 0. The van der Waals surface area contributed by atoms with E-state index in [4.69, 9.17) is 9.15 Å². The molecule has 3 rings (SSSR count). The van der Waals surface area contributed by atoms with E-state index in [1.54, 1.807) is 17.6 Å². The van der Waals surface area contributed by atoms with Crippen molar-refractivity contribution in [3.63, 3.8) is 0 Å². The minimum atomic E-state index is -0.164. The number of carbonyl (C=O) groups is 1. The average Bonchev–Trinajstić information content (AvgIpc) is 3.28. The maximum absolute atomic E-state index is 12.0. The summed E-state index contributed by atoms with van der Waals surface area (Å²) in [6.45, 7) is 4.15. The van der Waals surface area contributed by atoms with Gasteiger partial charge < -0.3 is 19.8 Å². The van der Waals surface area contributed by atoms with E-state index >= 15 is 0 Å². The molecule has 1 aliphatic heterocycles. The number of furan rings is 1. The number of carbonyl (C=O) groups excluding carboxylic acids is 1. The van der Waals surface area contributed by atoms with Gasteiger partial charge in [-0.1, -0.05) is 6.07 Å². The van der Waals surface area contributed by atoms with Crippen molar-refractivity contribution < 1.29 is 13.9 Å². The quantitative estimate of drug-likeness (QED) is 0.849. The number of nitrogens with zero attached hydrogens (tertiary/aromatic N) is 1. The minimum absolute atomic E-state index is 0.0291. The fourth-order valence-electron chi connectivity index (χ4n) is 2.61. The standard InChI is InChI=1S/C16H21N3O3S/c20-16(17-11-13-3-2-10-23-13)18-12-14(15-4-1-7-22-15)19-5-8-21-9-6-19/h1-4,7,10,14H,5-6,8-9,11-12H2,(H2,17,18,20). The zero-order valence-electron chi connectivity index (χ0n) is 12.9. The lowest BCUT2D eigenvalue weighted by molar-refractivity contribution is 0.0123. The second kappa shape index (κ2) is 8.14. The van der Waals surface area contributed by atoms with Gasteiger partial charge >= 0.3 is 6.03 Å². The van der Waals surface area contributed by atoms with Crippen LogP contribution in [-0.2, 0) is 11.3 Å². The lowest BCUT2D eigenvalue weighted by atomic mass is 10.1. The van der Waals surface area contributed by atoms with E-state index in [1.807, 2.05) is 29.6 Å². The van der Waals surface area contributed by atoms with Crippen LogP contribution in [-0.4, -0.2) is 43.8 Å². The molecule has 3 heterocycles. The highest BCUT2D eigenvalue weighted by atomic mass is 32.1. The van der Waals surface area contributed by atoms with Crippen LogP contribution in [0.15, 0.2) is 40.3 Å². The van der Waals surface area contributed by atoms with Crippen LogP contribution in [0.25, 0.3) is 0 Å². The third-order valence-electron chi connectivity index (χ3n) is 3.82. The van der Waals surface area contributed by atoms with Crippen molar-refractivity contribution in [2.75, 3.05) is 32.8 Å². The Labute approximate surface area is 139 Å². The van der Waals surface area contributed by atoms with Crippen molar-refractivity contribution in [3.8, 4) is 0 Å². The number of morpholine rings is 1. The maximum Gasteiger partial charge on any atom is 0.315 e. The average molecular weight is 335 g/mol. The number of urea groups is 1. The number of ether oxygens (including phenoxy) is 1. The van der Waals surface area contributed by atoms with Crippen molar-refractivity contribution >= 4 is 17.4 Å². The summed E-state index contributed by atoms with van der Waals surface area (Å²) in [5.41, 5.74) is 0. The first-order chi connectivity index (χ1) is 11.3.